The summed E-state index contributed by atoms with van der Waals surface area (Å²) in [4.78, 5) is 23.2. The molecular weight excluding hydrogens is 182 g/mol. The number of rotatable bonds is 6. The molecule has 1 N–H and O–H groups in total. The molecule has 80 valence electrons. The Kier molecular flexibility index (Phi) is 5.60. The van der Waals surface area contributed by atoms with Gasteiger partial charge in [-0.3, -0.25) is 9.59 Å². The number of hydrogen-bond acceptors (Lipinski definition) is 2. The van der Waals surface area contributed by atoms with Gasteiger partial charge in [-0.15, -0.1) is 0 Å². The lowest BCUT2D eigenvalue weighted by Crippen LogP contribution is -2.31. The van der Waals surface area contributed by atoms with Crippen LogP contribution in [0.15, 0.2) is 12.8 Å². The number of carboxylic acids is 1. The lowest BCUT2D eigenvalue weighted by Gasteiger charge is -2.21. The highest BCUT2D eigenvalue weighted by Crippen LogP contribution is 2.05. The Bertz CT molecular complexity index is 223. The zero-order chi connectivity index (χ0) is 11.1. The van der Waals surface area contributed by atoms with Gasteiger partial charge in [-0.2, -0.15) is 0 Å². The quantitative estimate of drug-likeness (QED) is 0.707. The zero-order valence-electron chi connectivity index (χ0n) is 8.69. The number of aliphatic carboxylic acids is 1. The predicted octanol–water partition coefficient (Wildman–Crippen LogP) is 1.62. The normalized spacial score (nSPS) is 9.93. The predicted molar refractivity (Wildman–Crippen MR) is 53.7 cm³/mol. The summed E-state index contributed by atoms with van der Waals surface area (Å²) in [6.45, 7) is 7.31. The molecule has 0 heterocycles. The second-order valence-corrected chi connectivity index (χ2v) is 3.32. The van der Waals surface area contributed by atoms with E-state index in [1.54, 1.807) is 0 Å². The molecule has 0 aromatic heterocycles. The van der Waals surface area contributed by atoms with E-state index in [0.29, 0.717) is 6.42 Å². The van der Waals surface area contributed by atoms with E-state index in [1.165, 1.54) is 11.1 Å². The van der Waals surface area contributed by atoms with Gasteiger partial charge in [0.1, 0.15) is 0 Å². The van der Waals surface area contributed by atoms with Gasteiger partial charge in [0, 0.05) is 18.9 Å². The summed E-state index contributed by atoms with van der Waals surface area (Å²) in [5.41, 5.74) is 0. The van der Waals surface area contributed by atoms with Gasteiger partial charge in [-0.1, -0.05) is 6.58 Å². The van der Waals surface area contributed by atoms with Crippen molar-refractivity contribution in [2.24, 2.45) is 0 Å². The molecule has 0 aliphatic rings. The fourth-order valence-corrected chi connectivity index (χ4v) is 1.12. The molecule has 0 aromatic carbocycles. The second-order valence-electron chi connectivity index (χ2n) is 3.32. The molecule has 0 unspecified atom stereocenters. The van der Waals surface area contributed by atoms with Gasteiger partial charge in [0.15, 0.2) is 0 Å². The lowest BCUT2D eigenvalue weighted by atomic mass is 10.2. The summed E-state index contributed by atoms with van der Waals surface area (Å²) in [6.07, 6.45) is 2.16. The van der Waals surface area contributed by atoms with Crippen molar-refractivity contribution < 1.29 is 14.7 Å². The van der Waals surface area contributed by atoms with Crippen LogP contribution in [0.4, 0.5) is 0 Å². The van der Waals surface area contributed by atoms with E-state index in [-0.39, 0.29) is 24.8 Å². The van der Waals surface area contributed by atoms with Crippen LogP contribution >= 0.6 is 0 Å². The average Bonchev–Trinajstić information content (AvgIpc) is 2.03. The molecule has 0 saturated heterocycles. The number of carbonyl (C=O) groups excluding carboxylic acids is 1. The maximum Gasteiger partial charge on any atom is 0.303 e. The minimum atomic E-state index is -0.868. The molecule has 1 amide bonds. The zero-order valence-corrected chi connectivity index (χ0v) is 8.69. The first-order chi connectivity index (χ1) is 6.49. The van der Waals surface area contributed by atoms with Crippen molar-refractivity contribution in [2.75, 3.05) is 0 Å². The Morgan fingerprint density at radius 1 is 1.43 bits per heavy atom. The summed E-state index contributed by atoms with van der Waals surface area (Å²) in [6, 6.07) is 0.0739. The fraction of sp³-hybridized carbons (Fsp3) is 0.600. The van der Waals surface area contributed by atoms with E-state index in [9.17, 15) is 9.59 Å². The molecule has 14 heavy (non-hydrogen) atoms. The van der Waals surface area contributed by atoms with Gasteiger partial charge < -0.3 is 10.0 Å². The first-order valence-corrected chi connectivity index (χ1v) is 4.64. The van der Waals surface area contributed by atoms with Gasteiger partial charge in [0.25, 0.3) is 0 Å². The highest BCUT2D eigenvalue weighted by atomic mass is 16.4. The Balaban J connectivity index is 3.93. The SMILES string of the molecule is C=CN(C(=O)CCCC(=O)O)C(C)C. The van der Waals surface area contributed by atoms with E-state index in [2.05, 4.69) is 6.58 Å². The summed E-state index contributed by atoms with van der Waals surface area (Å²) < 4.78 is 0. The third kappa shape index (κ3) is 4.64. The Hall–Kier alpha value is -1.32. The van der Waals surface area contributed by atoms with Crippen LogP contribution in [0.3, 0.4) is 0 Å². The monoisotopic (exact) mass is 199 g/mol. The lowest BCUT2D eigenvalue weighted by molar-refractivity contribution is -0.137. The molecule has 0 spiro atoms. The number of carbonyl (C=O) groups is 2. The molecule has 0 aliphatic carbocycles. The molecule has 0 atom stereocenters. The van der Waals surface area contributed by atoms with E-state index in [4.69, 9.17) is 5.11 Å². The van der Waals surface area contributed by atoms with Crippen LogP contribution in [0, 0.1) is 0 Å². The minimum absolute atomic E-state index is 0.0365. The van der Waals surface area contributed by atoms with Crippen LogP contribution in [0.5, 0.6) is 0 Å². The van der Waals surface area contributed by atoms with Crippen LogP contribution in [-0.4, -0.2) is 27.9 Å². The molecule has 0 fully saturated rings. The number of nitrogens with zero attached hydrogens (tertiary/aromatic N) is 1. The maximum absolute atomic E-state index is 11.5. The molecule has 0 aromatic rings. The largest absolute Gasteiger partial charge is 0.481 e. The van der Waals surface area contributed by atoms with Crippen LogP contribution in [0.1, 0.15) is 33.1 Å². The van der Waals surface area contributed by atoms with Gasteiger partial charge in [0.2, 0.25) is 5.91 Å². The molecule has 0 aliphatic heterocycles. The van der Waals surface area contributed by atoms with Crippen molar-refractivity contribution in [3.63, 3.8) is 0 Å². The highest BCUT2D eigenvalue weighted by molar-refractivity contribution is 5.78. The first-order valence-electron chi connectivity index (χ1n) is 4.64. The van der Waals surface area contributed by atoms with E-state index in [1.807, 2.05) is 13.8 Å². The fourth-order valence-electron chi connectivity index (χ4n) is 1.12. The molecule has 0 rings (SSSR count). The third-order valence-electron chi connectivity index (χ3n) is 1.82. The van der Waals surface area contributed by atoms with Crippen LogP contribution in [-0.2, 0) is 9.59 Å². The highest BCUT2D eigenvalue weighted by Gasteiger charge is 2.13. The van der Waals surface area contributed by atoms with Gasteiger partial charge in [-0.25, -0.2) is 0 Å². The first kappa shape index (κ1) is 12.7. The van der Waals surface area contributed by atoms with E-state index in [0.717, 1.165) is 0 Å². The van der Waals surface area contributed by atoms with Crippen molar-refractivity contribution >= 4 is 11.9 Å². The number of hydrogen-bond donors (Lipinski definition) is 1. The average molecular weight is 199 g/mol. The number of carboxylic acid groups (broad SMARTS) is 1. The Morgan fingerprint density at radius 3 is 2.36 bits per heavy atom. The summed E-state index contributed by atoms with van der Waals surface area (Å²) in [5, 5.41) is 8.39. The van der Waals surface area contributed by atoms with Crippen molar-refractivity contribution in [3.05, 3.63) is 12.8 Å². The molecule has 4 nitrogen and oxygen atoms in total. The van der Waals surface area contributed by atoms with Crippen LogP contribution in [0.25, 0.3) is 0 Å². The van der Waals surface area contributed by atoms with Gasteiger partial charge in [0.05, 0.1) is 0 Å². The van der Waals surface area contributed by atoms with E-state index < -0.39 is 5.97 Å². The maximum atomic E-state index is 11.5. The Morgan fingerprint density at radius 2 is 2.00 bits per heavy atom. The van der Waals surface area contributed by atoms with Crippen molar-refractivity contribution in [3.8, 4) is 0 Å². The van der Waals surface area contributed by atoms with Gasteiger partial charge in [-0.05, 0) is 26.5 Å². The number of amides is 1. The topological polar surface area (TPSA) is 57.6 Å². The smallest absolute Gasteiger partial charge is 0.303 e. The summed E-state index contributed by atoms with van der Waals surface area (Å²) >= 11 is 0. The summed E-state index contributed by atoms with van der Waals surface area (Å²) in [5.74, 6) is -0.941. The van der Waals surface area contributed by atoms with Crippen molar-refractivity contribution in [1.82, 2.24) is 4.90 Å². The summed E-state index contributed by atoms with van der Waals surface area (Å²) in [7, 11) is 0. The minimum Gasteiger partial charge on any atom is -0.481 e. The Labute approximate surface area is 84.2 Å². The molecule has 0 radical (unpaired) electrons. The third-order valence-corrected chi connectivity index (χ3v) is 1.82. The van der Waals surface area contributed by atoms with Crippen LogP contribution < -0.4 is 0 Å². The van der Waals surface area contributed by atoms with Crippen molar-refractivity contribution in [1.29, 1.82) is 0 Å². The molecule has 0 saturated carbocycles. The second kappa shape index (κ2) is 6.18. The molecule has 0 bridgehead atoms. The van der Waals surface area contributed by atoms with Gasteiger partial charge >= 0.3 is 5.97 Å². The van der Waals surface area contributed by atoms with E-state index >= 15 is 0 Å². The molecule has 4 heteroatoms. The molecular formula is C10H17NO3. The van der Waals surface area contributed by atoms with Crippen LogP contribution in [0.2, 0.25) is 0 Å². The standard InChI is InChI=1S/C10H17NO3/c1-4-11(8(2)3)9(12)6-5-7-10(13)14/h4,8H,1,5-7H2,2-3H3,(H,13,14). The van der Waals surface area contributed by atoms with Crippen molar-refractivity contribution in [2.45, 2.75) is 39.2 Å².